The van der Waals surface area contributed by atoms with E-state index in [0.29, 0.717) is 18.5 Å². The molecule has 7 nitrogen and oxygen atoms in total. The zero-order valence-electron chi connectivity index (χ0n) is 12.8. The summed E-state index contributed by atoms with van der Waals surface area (Å²) in [5.74, 6) is 0.399. The van der Waals surface area contributed by atoms with Gasteiger partial charge in [0.15, 0.2) is 0 Å². The minimum atomic E-state index is -0.304. The molecule has 1 saturated carbocycles. The number of carbonyl (C=O) groups is 1. The topological polar surface area (TPSA) is 90.1 Å². The Morgan fingerprint density at radius 2 is 2.14 bits per heavy atom. The van der Waals surface area contributed by atoms with Crippen LogP contribution in [0.5, 0.6) is 0 Å². The fraction of sp³-hybridized carbons (Fsp3) is 0.667. The molecule has 2 aliphatic rings. The molecule has 1 aromatic rings. The Labute approximate surface area is 129 Å². The Bertz CT molecular complexity index is 567. The lowest BCUT2D eigenvalue weighted by Crippen LogP contribution is -2.43. The second-order valence-corrected chi connectivity index (χ2v) is 6.29. The van der Waals surface area contributed by atoms with Crippen LogP contribution in [0.25, 0.3) is 0 Å². The fourth-order valence-corrected chi connectivity index (χ4v) is 3.53. The van der Waals surface area contributed by atoms with Gasteiger partial charge in [0.1, 0.15) is 5.69 Å². The minimum absolute atomic E-state index is 0.171. The first-order chi connectivity index (χ1) is 10.6. The third-order valence-corrected chi connectivity index (χ3v) is 4.75. The standard InChI is InChI=1S/C15H23N5O2/c1-20(15(22)12-7-17-14(21)8-16-12)9-13-10-5-3-2-4-6-11(10)18-19-13/h7-8,10-11,13,18-19H,2-6,9H2,1H3,(H,17,21). The Balaban J connectivity index is 1.63. The molecule has 1 aromatic heterocycles. The Morgan fingerprint density at radius 1 is 1.32 bits per heavy atom. The highest BCUT2D eigenvalue weighted by Gasteiger charge is 2.37. The van der Waals surface area contributed by atoms with E-state index in [4.69, 9.17) is 0 Å². The zero-order chi connectivity index (χ0) is 15.5. The van der Waals surface area contributed by atoms with Crippen molar-refractivity contribution in [3.63, 3.8) is 0 Å². The van der Waals surface area contributed by atoms with E-state index in [1.807, 2.05) is 0 Å². The van der Waals surface area contributed by atoms with Gasteiger partial charge in [-0.2, -0.15) is 0 Å². The first kappa shape index (κ1) is 15.2. The number of amides is 1. The average molecular weight is 305 g/mol. The summed E-state index contributed by atoms with van der Waals surface area (Å²) in [6.45, 7) is 0.633. The molecule has 0 radical (unpaired) electrons. The molecular formula is C15H23N5O2. The second-order valence-electron chi connectivity index (χ2n) is 6.29. The van der Waals surface area contributed by atoms with Crippen LogP contribution in [-0.2, 0) is 0 Å². The molecule has 1 aliphatic carbocycles. The number of H-pyrrole nitrogens is 1. The van der Waals surface area contributed by atoms with Crippen LogP contribution >= 0.6 is 0 Å². The smallest absolute Gasteiger partial charge is 0.273 e. The van der Waals surface area contributed by atoms with Gasteiger partial charge in [-0.15, -0.1) is 0 Å². The predicted molar refractivity (Wildman–Crippen MR) is 82.2 cm³/mol. The lowest BCUT2D eigenvalue weighted by atomic mass is 9.90. The molecule has 1 saturated heterocycles. The van der Waals surface area contributed by atoms with Gasteiger partial charge in [0.25, 0.3) is 11.5 Å². The number of fused-ring (bicyclic) bond motifs is 1. The molecule has 3 rings (SSSR count). The van der Waals surface area contributed by atoms with E-state index in [1.165, 1.54) is 38.3 Å². The summed E-state index contributed by atoms with van der Waals surface area (Å²) in [6.07, 6.45) is 8.76. The summed E-state index contributed by atoms with van der Waals surface area (Å²) < 4.78 is 0. The van der Waals surface area contributed by atoms with E-state index in [2.05, 4.69) is 20.8 Å². The molecular weight excluding hydrogens is 282 g/mol. The van der Waals surface area contributed by atoms with Crippen LogP contribution in [0.2, 0.25) is 0 Å². The Hall–Kier alpha value is -1.73. The number of nitrogens with one attached hydrogen (secondary N) is 3. The van der Waals surface area contributed by atoms with Gasteiger partial charge in [-0.1, -0.05) is 19.3 Å². The second kappa shape index (κ2) is 6.58. The van der Waals surface area contributed by atoms with Crippen LogP contribution in [0.4, 0.5) is 0 Å². The molecule has 3 N–H and O–H groups in total. The van der Waals surface area contributed by atoms with E-state index < -0.39 is 0 Å². The number of nitrogens with zero attached hydrogens (tertiary/aromatic N) is 2. The summed E-state index contributed by atoms with van der Waals surface area (Å²) in [5.41, 5.74) is 6.71. The van der Waals surface area contributed by atoms with Gasteiger partial charge in [-0.05, 0) is 18.8 Å². The molecule has 0 aromatic carbocycles. The molecule has 2 heterocycles. The number of aromatic amines is 1. The van der Waals surface area contributed by atoms with Crippen LogP contribution in [0.1, 0.15) is 42.6 Å². The maximum Gasteiger partial charge on any atom is 0.273 e. The molecule has 3 atom stereocenters. The summed E-state index contributed by atoms with van der Waals surface area (Å²) in [4.78, 5) is 31.4. The molecule has 120 valence electrons. The number of hydrogen-bond acceptors (Lipinski definition) is 5. The maximum atomic E-state index is 12.4. The Morgan fingerprint density at radius 3 is 2.91 bits per heavy atom. The van der Waals surface area contributed by atoms with Gasteiger partial charge in [0, 0.05) is 31.9 Å². The van der Waals surface area contributed by atoms with E-state index in [9.17, 15) is 9.59 Å². The van der Waals surface area contributed by atoms with Crippen molar-refractivity contribution in [1.82, 2.24) is 25.7 Å². The lowest BCUT2D eigenvalue weighted by Gasteiger charge is -2.25. The van der Waals surface area contributed by atoms with Crippen molar-refractivity contribution >= 4 is 5.91 Å². The fourth-order valence-electron chi connectivity index (χ4n) is 3.53. The largest absolute Gasteiger partial charge is 0.339 e. The number of likely N-dealkylation sites (N-methyl/N-ethyl adjacent to an activating group) is 1. The van der Waals surface area contributed by atoms with E-state index in [1.54, 1.807) is 11.9 Å². The van der Waals surface area contributed by atoms with E-state index >= 15 is 0 Å². The van der Waals surface area contributed by atoms with Crippen LogP contribution in [0, 0.1) is 5.92 Å². The van der Waals surface area contributed by atoms with Crippen molar-refractivity contribution in [1.29, 1.82) is 0 Å². The average Bonchev–Trinajstić information content (AvgIpc) is 2.75. The van der Waals surface area contributed by atoms with Crippen molar-refractivity contribution < 1.29 is 4.79 Å². The first-order valence-electron chi connectivity index (χ1n) is 7.96. The summed E-state index contributed by atoms with van der Waals surface area (Å²) in [5, 5.41) is 0. The van der Waals surface area contributed by atoms with Gasteiger partial charge in [0.2, 0.25) is 0 Å². The van der Waals surface area contributed by atoms with Gasteiger partial charge in [-0.25, -0.2) is 4.98 Å². The van der Waals surface area contributed by atoms with Gasteiger partial charge >= 0.3 is 0 Å². The van der Waals surface area contributed by atoms with Gasteiger partial charge in [0.05, 0.1) is 6.20 Å². The molecule has 2 fully saturated rings. The number of carbonyl (C=O) groups excluding carboxylic acids is 1. The van der Waals surface area contributed by atoms with E-state index in [-0.39, 0.29) is 23.2 Å². The highest BCUT2D eigenvalue weighted by Crippen LogP contribution is 2.29. The molecule has 1 amide bonds. The molecule has 0 bridgehead atoms. The summed E-state index contributed by atoms with van der Waals surface area (Å²) in [7, 11) is 1.78. The molecule has 3 unspecified atom stereocenters. The maximum absolute atomic E-state index is 12.4. The van der Waals surface area contributed by atoms with Crippen LogP contribution < -0.4 is 16.4 Å². The quantitative estimate of drug-likeness (QED) is 0.745. The van der Waals surface area contributed by atoms with E-state index in [0.717, 1.165) is 6.20 Å². The number of rotatable bonds is 3. The van der Waals surface area contributed by atoms with Gasteiger partial charge < -0.3 is 9.88 Å². The SMILES string of the molecule is CN(CC1NNC2CCCCCC21)C(=O)c1c[nH]c(=O)cn1. The highest BCUT2D eigenvalue weighted by atomic mass is 16.2. The third-order valence-electron chi connectivity index (χ3n) is 4.75. The van der Waals surface area contributed by atoms with Gasteiger partial charge in [-0.3, -0.25) is 20.4 Å². The normalized spacial score (nSPS) is 28.0. The molecule has 7 heteroatoms. The summed E-state index contributed by atoms with van der Waals surface area (Å²) >= 11 is 0. The van der Waals surface area contributed by atoms with Crippen molar-refractivity contribution in [2.75, 3.05) is 13.6 Å². The van der Waals surface area contributed by atoms with Crippen molar-refractivity contribution in [3.8, 4) is 0 Å². The van der Waals surface area contributed by atoms with Crippen LogP contribution in [0.15, 0.2) is 17.2 Å². The molecule has 22 heavy (non-hydrogen) atoms. The first-order valence-corrected chi connectivity index (χ1v) is 7.96. The monoisotopic (exact) mass is 305 g/mol. The number of hydrogen-bond donors (Lipinski definition) is 3. The molecule has 0 spiro atoms. The number of hydrazine groups is 1. The van der Waals surface area contributed by atoms with Crippen molar-refractivity contribution in [2.24, 2.45) is 5.92 Å². The Kier molecular flexibility index (Phi) is 4.54. The van der Waals surface area contributed by atoms with Crippen LogP contribution in [0.3, 0.4) is 0 Å². The lowest BCUT2D eigenvalue weighted by molar-refractivity contribution is 0.0768. The highest BCUT2D eigenvalue weighted by molar-refractivity contribution is 5.91. The minimum Gasteiger partial charge on any atom is -0.339 e. The zero-order valence-corrected chi connectivity index (χ0v) is 12.8. The summed E-state index contributed by atoms with van der Waals surface area (Å²) in [6, 6.07) is 0.780. The third kappa shape index (κ3) is 3.20. The number of aromatic nitrogens is 2. The molecule has 1 aliphatic heterocycles. The van der Waals surface area contributed by atoms with Crippen molar-refractivity contribution in [2.45, 2.75) is 44.2 Å². The van der Waals surface area contributed by atoms with Crippen LogP contribution in [-0.4, -0.2) is 46.5 Å². The predicted octanol–water partition coefficient (Wildman–Crippen LogP) is 0.267. The van der Waals surface area contributed by atoms with Crippen molar-refractivity contribution in [3.05, 3.63) is 28.4 Å².